The Morgan fingerprint density at radius 2 is 2.00 bits per heavy atom. The van der Waals surface area contributed by atoms with Gasteiger partial charge in [0.1, 0.15) is 17.7 Å². The molecule has 0 bridgehead atoms. The number of hydrogen-bond donors (Lipinski definition) is 1. The lowest BCUT2D eigenvalue weighted by Crippen LogP contribution is -2.20. The second-order valence-electron chi connectivity index (χ2n) is 7.36. The maximum atomic E-state index is 14.0. The van der Waals surface area contributed by atoms with Crippen LogP contribution in [0.25, 0.3) is 0 Å². The van der Waals surface area contributed by atoms with Crippen LogP contribution in [0.1, 0.15) is 32.3 Å². The summed E-state index contributed by atoms with van der Waals surface area (Å²) >= 11 is 0. The highest BCUT2D eigenvalue weighted by Crippen LogP contribution is 2.21. The van der Waals surface area contributed by atoms with Gasteiger partial charge in [-0.3, -0.25) is 4.79 Å². The van der Waals surface area contributed by atoms with Crippen LogP contribution in [-0.4, -0.2) is 30.6 Å². The van der Waals surface area contributed by atoms with Gasteiger partial charge in [0.2, 0.25) is 5.91 Å². The van der Waals surface area contributed by atoms with Crippen molar-refractivity contribution in [3.63, 3.8) is 0 Å². The van der Waals surface area contributed by atoms with Gasteiger partial charge in [0, 0.05) is 18.5 Å². The van der Waals surface area contributed by atoms with Crippen LogP contribution in [0, 0.1) is 5.92 Å². The molecule has 0 heterocycles. The van der Waals surface area contributed by atoms with E-state index in [1.807, 2.05) is 24.3 Å². The van der Waals surface area contributed by atoms with E-state index in [-0.39, 0.29) is 12.0 Å². The molecule has 1 amide bonds. The molecule has 2 N–H and O–H groups in total. The lowest BCUT2D eigenvalue weighted by atomic mass is 10.1. The van der Waals surface area contributed by atoms with Gasteiger partial charge in [0.05, 0.1) is 0 Å². The average molecular weight is 372 g/mol. The van der Waals surface area contributed by atoms with E-state index in [4.69, 9.17) is 10.5 Å². The van der Waals surface area contributed by atoms with Crippen LogP contribution in [0.3, 0.4) is 0 Å². The molecule has 1 aliphatic carbocycles. The van der Waals surface area contributed by atoms with Gasteiger partial charge in [-0.25, -0.2) is 4.39 Å². The van der Waals surface area contributed by atoms with Crippen molar-refractivity contribution in [2.24, 2.45) is 11.7 Å². The lowest BCUT2D eigenvalue weighted by molar-refractivity contribution is -0.114. The summed E-state index contributed by atoms with van der Waals surface area (Å²) in [6, 6.07) is 7.80. The molecule has 0 aliphatic heterocycles. The van der Waals surface area contributed by atoms with Gasteiger partial charge < -0.3 is 15.4 Å². The maximum absolute atomic E-state index is 14.0. The zero-order chi connectivity index (χ0) is 19.8. The number of ether oxygens (including phenoxy) is 1. The predicted octanol–water partition coefficient (Wildman–Crippen LogP) is 4.14. The van der Waals surface area contributed by atoms with E-state index in [9.17, 15) is 9.18 Å². The monoisotopic (exact) mass is 372 g/mol. The van der Waals surface area contributed by atoms with Crippen molar-refractivity contribution in [1.82, 2.24) is 4.90 Å². The van der Waals surface area contributed by atoms with Crippen LogP contribution < -0.4 is 10.5 Å². The van der Waals surface area contributed by atoms with Crippen molar-refractivity contribution in [3.05, 3.63) is 65.5 Å². The molecule has 146 valence electrons. The van der Waals surface area contributed by atoms with E-state index >= 15 is 0 Å². The van der Waals surface area contributed by atoms with Crippen molar-refractivity contribution in [2.45, 2.75) is 39.4 Å². The second-order valence-corrected chi connectivity index (χ2v) is 7.36. The number of carbonyl (C=O) groups is 1. The van der Waals surface area contributed by atoms with Gasteiger partial charge in [0.25, 0.3) is 0 Å². The summed E-state index contributed by atoms with van der Waals surface area (Å²) in [6.07, 6.45) is 5.94. The Kier molecular flexibility index (Phi) is 7.80. The van der Waals surface area contributed by atoms with Crippen molar-refractivity contribution in [3.8, 4) is 5.75 Å². The van der Waals surface area contributed by atoms with Gasteiger partial charge in [0.15, 0.2) is 0 Å². The Labute approximate surface area is 161 Å². The number of hydrogen-bond acceptors (Lipinski definition) is 3. The lowest BCUT2D eigenvalue weighted by Gasteiger charge is -2.18. The number of amides is 1. The SMILES string of the molecule is CC(C)CCN(C)Cc1ccc(O/C2=C/C=C(/C(N)=O)C=CC(F)C2)cc1. The Hall–Kier alpha value is -2.40. The summed E-state index contributed by atoms with van der Waals surface area (Å²) in [5, 5.41) is 0. The number of allylic oxidation sites excluding steroid dienone is 4. The van der Waals surface area contributed by atoms with Gasteiger partial charge in [-0.2, -0.15) is 0 Å². The first kappa shape index (κ1) is 20.9. The molecule has 5 heteroatoms. The van der Waals surface area contributed by atoms with Gasteiger partial charge >= 0.3 is 0 Å². The fourth-order valence-corrected chi connectivity index (χ4v) is 2.70. The number of carbonyl (C=O) groups excluding carboxylic acids is 1. The summed E-state index contributed by atoms with van der Waals surface area (Å²) in [5.74, 6) is 1.19. The Balaban J connectivity index is 1.99. The topological polar surface area (TPSA) is 55.6 Å². The number of benzene rings is 1. The molecular formula is C22H29FN2O2. The number of nitrogens with two attached hydrogens (primary N) is 1. The summed E-state index contributed by atoms with van der Waals surface area (Å²) in [5.41, 5.74) is 6.72. The maximum Gasteiger partial charge on any atom is 0.248 e. The Morgan fingerprint density at radius 1 is 1.30 bits per heavy atom. The second kappa shape index (κ2) is 10.1. The highest BCUT2D eigenvalue weighted by Gasteiger charge is 2.12. The molecule has 0 saturated carbocycles. The van der Waals surface area contributed by atoms with E-state index in [2.05, 4.69) is 25.8 Å². The third-order valence-electron chi connectivity index (χ3n) is 4.33. The molecule has 27 heavy (non-hydrogen) atoms. The molecule has 0 radical (unpaired) electrons. The van der Waals surface area contributed by atoms with E-state index in [1.165, 1.54) is 24.1 Å². The van der Waals surface area contributed by atoms with E-state index in [0.29, 0.717) is 17.4 Å². The zero-order valence-corrected chi connectivity index (χ0v) is 16.3. The third kappa shape index (κ3) is 7.39. The summed E-state index contributed by atoms with van der Waals surface area (Å²) in [4.78, 5) is 13.6. The molecule has 4 nitrogen and oxygen atoms in total. The molecule has 1 unspecified atom stereocenters. The van der Waals surface area contributed by atoms with Gasteiger partial charge in [-0.05, 0) is 61.9 Å². The van der Waals surface area contributed by atoms with Gasteiger partial charge in [-0.1, -0.05) is 32.1 Å². The predicted molar refractivity (Wildman–Crippen MR) is 107 cm³/mol. The van der Waals surface area contributed by atoms with Crippen LogP contribution in [0.5, 0.6) is 5.75 Å². The first-order valence-electron chi connectivity index (χ1n) is 9.31. The highest BCUT2D eigenvalue weighted by molar-refractivity contribution is 5.95. The summed E-state index contributed by atoms with van der Waals surface area (Å²) in [7, 11) is 2.11. The Morgan fingerprint density at radius 3 is 2.63 bits per heavy atom. The molecule has 1 aromatic rings. The molecular weight excluding hydrogens is 343 g/mol. The summed E-state index contributed by atoms with van der Waals surface area (Å²) < 4.78 is 19.8. The van der Waals surface area contributed by atoms with Crippen molar-refractivity contribution < 1.29 is 13.9 Å². The van der Waals surface area contributed by atoms with E-state index in [0.717, 1.165) is 13.1 Å². The highest BCUT2D eigenvalue weighted by atomic mass is 19.1. The van der Waals surface area contributed by atoms with Gasteiger partial charge in [-0.15, -0.1) is 0 Å². The molecule has 1 aliphatic rings. The van der Waals surface area contributed by atoms with Crippen LogP contribution >= 0.6 is 0 Å². The molecule has 0 spiro atoms. The minimum absolute atomic E-state index is 0.110. The number of alkyl halides is 1. The standard InChI is InChI=1S/C22H29FN2O2/c1-16(2)12-13-25(3)15-17-4-9-20(10-5-17)27-21-11-7-18(22(24)26)6-8-19(23)14-21/h4-11,16,19H,12-15H2,1-3H3,(H2,24,26)/b8-6?,18-7+,21-11+. The van der Waals surface area contributed by atoms with Crippen molar-refractivity contribution in [1.29, 1.82) is 0 Å². The fourth-order valence-electron chi connectivity index (χ4n) is 2.70. The average Bonchev–Trinajstić information content (AvgIpc) is 2.59. The van der Waals surface area contributed by atoms with E-state index in [1.54, 1.807) is 12.2 Å². The minimum atomic E-state index is -1.23. The van der Waals surface area contributed by atoms with E-state index < -0.39 is 12.1 Å². The molecule has 1 atom stereocenters. The molecule has 0 aromatic heterocycles. The minimum Gasteiger partial charge on any atom is -0.462 e. The first-order chi connectivity index (χ1) is 12.8. The van der Waals surface area contributed by atoms with Crippen LogP contribution in [0.15, 0.2) is 59.9 Å². The molecule has 0 fully saturated rings. The van der Waals surface area contributed by atoms with Crippen LogP contribution in [0.4, 0.5) is 4.39 Å². The number of rotatable bonds is 8. The molecule has 0 saturated heterocycles. The smallest absolute Gasteiger partial charge is 0.248 e. The largest absolute Gasteiger partial charge is 0.462 e. The van der Waals surface area contributed by atoms with Crippen molar-refractivity contribution >= 4 is 5.91 Å². The van der Waals surface area contributed by atoms with Crippen LogP contribution in [0.2, 0.25) is 0 Å². The summed E-state index contributed by atoms with van der Waals surface area (Å²) in [6.45, 7) is 6.38. The number of nitrogens with zero attached hydrogens (tertiary/aromatic N) is 1. The quantitative estimate of drug-likeness (QED) is 0.746. The molecule has 2 rings (SSSR count). The van der Waals surface area contributed by atoms with Crippen LogP contribution in [-0.2, 0) is 11.3 Å². The zero-order valence-electron chi connectivity index (χ0n) is 16.3. The Bertz CT molecular complexity index is 720. The van der Waals surface area contributed by atoms with Crippen molar-refractivity contribution in [2.75, 3.05) is 13.6 Å². The molecule has 1 aromatic carbocycles. The third-order valence-corrected chi connectivity index (χ3v) is 4.33. The fraction of sp³-hybridized carbons (Fsp3) is 0.409. The normalized spacial score (nSPS) is 21.2. The number of halogens is 1. The number of primary amides is 1. The first-order valence-corrected chi connectivity index (χ1v) is 9.31.